The first kappa shape index (κ1) is 13.3. The molecule has 0 saturated carbocycles. The molecule has 0 aliphatic rings. The van der Waals surface area contributed by atoms with Crippen LogP contribution in [0, 0.1) is 12.3 Å². The van der Waals surface area contributed by atoms with Gasteiger partial charge in [-0.05, 0) is 29.8 Å². The Balaban J connectivity index is 1.93. The molecule has 2 rings (SSSR count). The van der Waals surface area contributed by atoms with Gasteiger partial charge in [0.2, 0.25) is 0 Å². The van der Waals surface area contributed by atoms with Gasteiger partial charge >= 0.3 is 0 Å². The van der Waals surface area contributed by atoms with Gasteiger partial charge in [-0.3, -0.25) is 0 Å². The summed E-state index contributed by atoms with van der Waals surface area (Å²) >= 11 is 6.07. The lowest BCUT2D eigenvalue weighted by Crippen LogP contribution is -2.00. The molecule has 0 radical (unpaired) electrons. The third kappa shape index (κ3) is 3.94. The van der Waals surface area contributed by atoms with E-state index in [-0.39, 0.29) is 6.61 Å². The SMILES string of the molecule is C#CCOc1ccc(CNc2ccccc2Cl)cc1. The molecule has 0 heterocycles. The highest BCUT2D eigenvalue weighted by Gasteiger charge is 1.99. The molecule has 96 valence electrons. The molecule has 0 amide bonds. The normalized spacial score (nSPS) is 9.68. The van der Waals surface area contributed by atoms with Crippen LogP contribution in [0.3, 0.4) is 0 Å². The Labute approximate surface area is 118 Å². The Kier molecular flexibility index (Phi) is 4.72. The monoisotopic (exact) mass is 271 g/mol. The van der Waals surface area contributed by atoms with Crippen molar-refractivity contribution in [2.45, 2.75) is 6.54 Å². The van der Waals surface area contributed by atoms with E-state index in [4.69, 9.17) is 22.8 Å². The van der Waals surface area contributed by atoms with Gasteiger partial charge in [0.1, 0.15) is 12.4 Å². The minimum atomic E-state index is 0.289. The second-order valence-electron chi connectivity index (χ2n) is 3.97. The average Bonchev–Trinajstić information content (AvgIpc) is 2.45. The molecule has 0 spiro atoms. The molecule has 0 atom stereocenters. The summed E-state index contributed by atoms with van der Waals surface area (Å²) in [5.41, 5.74) is 2.07. The number of ether oxygens (including phenoxy) is 1. The van der Waals surface area contributed by atoms with E-state index < -0.39 is 0 Å². The first-order chi connectivity index (χ1) is 9.29. The number of hydrogen-bond acceptors (Lipinski definition) is 2. The Hall–Kier alpha value is -2.11. The molecule has 0 aromatic heterocycles. The van der Waals surface area contributed by atoms with Crippen molar-refractivity contribution in [3.05, 3.63) is 59.1 Å². The van der Waals surface area contributed by atoms with Gasteiger partial charge < -0.3 is 10.1 Å². The third-order valence-electron chi connectivity index (χ3n) is 2.60. The van der Waals surface area contributed by atoms with E-state index >= 15 is 0 Å². The number of rotatable bonds is 5. The van der Waals surface area contributed by atoms with Crippen LogP contribution in [0.15, 0.2) is 48.5 Å². The maximum Gasteiger partial charge on any atom is 0.148 e. The number of nitrogens with one attached hydrogen (secondary N) is 1. The molecule has 2 aromatic rings. The summed E-state index contributed by atoms with van der Waals surface area (Å²) in [7, 11) is 0. The van der Waals surface area contributed by atoms with Gasteiger partial charge in [-0.15, -0.1) is 6.42 Å². The van der Waals surface area contributed by atoms with E-state index in [1.165, 1.54) is 0 Å². The van der Waals surface area contributed by atoms with E-state index in [1.54, 1.807) is 0 Å². The average molecular weight is 272 g/mol. The molecule has 0 aliphatic carbocycles. The van der Waals surface area contributed by atoms with Crippen LogP contribution in [-0.4, -0.2) is 6.61 Å². The smallest absolute Gasteiger partial charge is 0.148 e. The Morgan fingerprint density at radius 3 is 2.53 bits per heavy atom. The molecular weight excluding hydrogens is 258 g/mol. The van der Waals surface area contributed by atoms with Crippen molar-refractivity contribution < 1.29 is 4.74 Å². The highest BCUT2D eigenvalue weighted by molar-refractivity contribution is 6.33. The lowest BCUT2D eigenvalue weighted by atomic mass is 10.2. The van der Waals surface area contributed by atoms with Crippen molar-refractivity contribution in [3.8, 4) is 18.1 Å². The van der Waals surface area contributed by atoms with Crippen molar-refractivity contribution in [2.75, 3.05) is 11.9 Å². The standard InChI is InChI=1S/C16H14ClNO/c1-2-11-19-14-9-7-13(8-10-14)12-18-16-6-4-3-5-15(16)17/h1,3-10,18H,11-12H2. The number of hydrogen-bond donors (Lipinski definition) is 1. The van der Waals surface area contributed by atoms with Crippen molar-refractivity contribution in [3.63, 3.8) is 0 Å². The summed E-state index contributed by atoms with van der Waals surface area (Å²) in [6, 6.07) is 15.5. The fraction of sp³-hybridized carbons (Fsp3) is 0.125. The van der Waals surface area contributed by atoms with Gasteiger partial charge in [0, 0.05) is 6.54 Å². The zero-order valence-electron chi connectivity index (χ0n) is 10.4. The van der Waals surface area contributed by atoms with Crippen LogP contribution in [0.2, 0.25) is 5.02 Å². The van der Waals surface area contributed by atoms with Crippen molar-refractivity contribution in [1.82, 2.24) is 0 Å². The second-order valence-corrected chi connectivity index (χ2v) is 4.38. The minimum absolute atomic E-state index is 0.289. The lowest BCUT2D eigenvalue weighted by Gasteiger charge is -2.09. The minimum Gasteiger partial charge on any atom is -0.481 e. The number of halogens is 1. The van der Waals surface area contributed by atoms with Crippen LogP contribution < -0.4 is 10.1 Å². The highest BCUT2D eigenvalue weighted by atomic mass is 35.5. The predicted octanol–water partition coefficient (Wildman–Crippen LogP) is 3.96. The van der Waals surface area contributed by atoms with Crippen molar-refractivity contribution in [2.24, 2.45) is 0 Å². The fourth-order valence-electron chi connectivity index (χ4n) is 1.63. The van der Waals surface area contributed by atoms with Gasteiger partial charge in [0.05, 0.1) is 10.7 Å². The first-order valence-electron chi connectivity index (χ1n) is 5.93. The molecule has 0 bridgehead atoms. The summed E-state index contributed by atoms with van der Waals surface area (Å²) in [6.45, 7) is 0.996. The Bertz CT molecular complexity index is 572. The highest BCUT2D eigenvalue weighted by Crippen LogP contribution is 2.21. The van der Waals surface area contributed by atoms with Crippen LogP contribution in [0.5, 0.6) is 5.75 Å². The van der Waals surface area contributed by atoms with Crippen molar-refractivity contribution in [1.29, 1.82) is 0 Å². The number of terminal acetylenes is 1. The van der Waals surface area contributed by atoms with Crippen LogP contribution >= 0.6 is 11.6 Å². The van der Waals surface area contributed by atoms with Gasteiger partial charge in [-0.2, -0.15) is 0 Å². The summed E-state index contributed by atoms with van der Waals surface area (Å²) in [4.78, 5) is 0. The van der Waals surface area contributed by atoms with E-state index in [0.717, 1.165) is 22.0 Å². The zero-order valence-corrected chi connectivity index (χ0v) is 11.2. The van der Waals surface area contributed by atoms with Crippen LogP contribution in [0.25, 0.3) is 0 Å². The molecular formula is C16H14ClNO. The number of anilines is 1. The van der Waals surface area contributed by atoms with E-state index in [9.17, 15) is 0 Å². The topological polar surface area (TPSA) is 21.3 Å². The van der Waals surface area contributed by atoms with Crippen LogP contribution in [-0.2, 0) is 6.54 Å². The Morgan fingerprint density at radius 1 is 1.11 bits per heavy atom. The molecule has 0 aliphatic heterocycles. The number of para-hydroxylation sites is 1. The Morgan fingerprint density at radius 2 is 1.84 bits per heavy atom. The molecule has 3 heteroatoms. The summed E-state index contributed by atoms with van der Waals surface area (Å²) < 4.78 is 5.31. The van der Waals surface area contributed by atoms with Gasteiger partial charge in [-0.25, -0.2) is 0 Å². The molecule has 2 aromatic carbocycles. The van der Waals surface area contributed by atoms with Crippen molar-refractivity contribution >= 4 is 17.3 Å². The number of benzene rings is 2. The molecule has 0 fully saturated rings. The third-order valence-corrected chi connectivity index (χ3v) is 2.93. The summed E-state index contributed by atoms with van der Waals surface area (Å²) in [6.07, 6.45) is 5.14. The van der Waals surface area contributed by atoms with Crippen LogP contribution in [0.1, 0.15) is 5.56 Å². The maximum absolute atomic E-state index is 6.07. The van der Waals surface area contributed by atoms with Gasteiger partial charge in [0.25, 0.3) is 0 Å². The van der Waals surface area contributed by atoms with Gasteiger partial charge in [0.15, 0.2) is 0 Å². The first-order valence-corrected chi connectivity index (χ1v) is 6.31. The van der Waals surface area contributed by atoms with E-state index in [0.29, 0.717) is 6.54 Å². The molecule has 0 saturated heterocycles. The fourth-order valence-corrected chi connectivity index (χ4v) is 1.83. The second kappa shape index (κ2) is 6.72. The lowest BCUT2D eigenvalue weighted by molar-refractivity contribution is 0.370. The quantitative estimate of drug-likeness (QED) is 0.831. The zero-order chi connectivity index (χ0) is 13.5. The molecule has 0 unspecified atom stereocenters. The maximum atomic E-state index is 6.07. The van der Waals surface area contributed by atoms with E-state index in [1.807, 2.05) is 48.5 Å². The summed E-state index contributed by atoms with van der Waals surface area (Å²) in [5.74, 6) is 3.21. The predicted molar refractivity (Wildman–Crippen MR) is 79.5 cm³/mol. The molecule has 1 N–H and O–H groups in total. The molecule has 2 nitrogen and oxygen atoms in total. The largest absolute Gasteiger partial charge is 0.481 e. The summed E-state index contributed by atoms with van der Waals surface area (Å²) in [5, 5.41) is 4.01. The van der Waals surface area contributed by atoms with E-state index in [2.05, 4.69) is 11.2 Å². The van der Waals surface area contributed by atoms with Crippen LogP contribution in [0.4, 0.5) is 5.69 Å². The molecule has 19 heavy (non-hydrogen) atoms. The van der Waals surface area contributed by atoms with Gasteiger partial charge in [-0.1, -0.05) is 41.8 Å².